The Labute approximate surface area is 463 Å². The topological polar surface area (TPSA) is 35.6 Å². The van der Waals surface area contributed by atoms with E-state index in [1.54, 1.807) is 6.07 Å². The molecule has 0 amide bonds. The number of nitrogens with zero attached hydrogens (tertiary/aromatic N) is 4. The Morgan fingerprint density at radius 3 is 1.53 bits per heavy atom. The Kier molecular flexibility index (Phi) is 15.1. The molecule has 0 spiro atoms. The first kappa shape index (κ1) is 51.8. The predicted molar refractivity (Wildman–Crippen MR) is 310 cm³/mol. The van der Waals surface area contributed by atoms with Gasteiger partial charge in [-0.2, -0.15) is 0 Å². The molecule has 0 aliphatic rings. The van der Waals surface area contributed by atoms with E-state index in [-0.39, 0.29) is 25.9 Å². The third kappa shape index (κ3) is 9.89. The molecule has 0 aliphatic heterocycles. The molecular formula is C68H59FIrN4Te-2. The molecule has 12 aromatic rings. The second kappa shape index (κ2) is 21.9. The minimum Gasteiger partial charge on any atom is -0.333 e. The van der Waals surface area contributed by atoms with Crippen LogP contribution in [0.3, 0.4) is 0 Å². The van der Waals surface area contributed by atoms with Crippen LogP contribution >= 0.6 is 0 Å². The maximum atomic E-state index is 13.5. The van der Waals surface area contributed by atoms with Gasteiger partial charge in [0.2, 0.25) is 0 Å². The number of fused-ring (bicyclic) bond motifs is 5. The zero-order valence-electron chi connectivity index (χ0n) is 43.6. The van der Waals surface area contributed by atoms with Gasteiger partial charge in [-0.05, 0) is 35.1 Å². The van der Waals surface area contributed by atoms with Crippen LogP contribution in [0.15, 0.2) is 188 Å². The average Bonchev–Trinajstić information content (AvgIpc) is 4.12. The van der Waals surface area contributed by atoms with Crippen molar-refractivity contribution < 1.29 is 24.5 Å². The van der Waals surface area contributed by atoms with Gasteiger partial charge in [0.1, 0.15) is 0 Å². The summed E-state index contributed by atoms with van der Waals surface area (Å²) in [5, 5.41) is 2.71. The first-order valence-electron chi connectivity index (χ1n) is 25.9. The number of benzene rings is 9. The van der Waals surface area contributed by atoms with E-state index in [0.717, 1.165) is 44.8 Å². The predicted octanol–water partition coefficient (Wildman–Crippen LogP) is 18.3. The summed E-state index contributed by atoms with van der Waals surface area (Å²) in [6.45, 7) is 18.1. The summed E-state index contributed by atoms with van der Waals surface area (Å²) >= 11 is -0.663. The van der Waals surface area contributed by atoms with E-state index in [1.807, 2.05) is 18.2 Å². The molecule has 0 aliphatic carbocycles. The molecule has 3 heterocycles. The second-order valence-corrected chi connectivity index (χ2v) is 23.5. The molecule has 75 heavy (non-hydrogen) atoms. The molecule has 0 atom stereocenters. The van der Waals surface area contributed by atoms with Gasteiger partial charge >= 0.3 is 282 Å². The van der Waals surface area contributed by atoms with Gasteiger partial charge in [0.05, 0.1) is 16.9 Å². The molecule has 0 saturated carbocycles. The van der Waals surface area contributed by atoms with Crippen molar-refractivity contribution in [2.75, 3.05) is 0 Å². The average molecular weight is 1270 g/mol. The normalized spacial score (nSPS) is 11.6. The maximum Gasteiger partial charge on any atom is 0.0774 e. The van der Waals surface area contributed by atoms with Crippen LogP contribution in [-0.4, -0.2) is 39.5 Å². The Bertz CT molecular complexity index is 3920. The molecule has 1 radical (unpaired) electrons. The minimum absolute atomic E-state index is 0. The fourth-order valence-corrected chi connectivity index (χ4v) is 14.0. The Hall–Kier alpha value is -6.71. The molecule has 3 aromatic heterocycles. The summed E-state index contributed by atoms with van der Waals surface area (Å²) < 4.78 is 21.1. The standard InChI is InChI=1S/C43H35N2Te.C25H24FN2.Ir/c1-27(2)36-24-32(30-16-9-6-10-17-30)25-37(28(3)4)41(36)45-39-21-12-11-20-38(39)44-43(45)35-19-13-18-34-33-23-22-31(26-40(33)46-42(34)35)29-14-7-5-8-15-29;1-16(2)20-8-7-9-21(17(3)4)24(20)28-23-11-6-5-10-22(23)27-25(28)18-12-14-19(26)15-13-18;/h5-18,20-28H,1-4H3;5-12,14-17H,1-4H3;/q2*-1;. The van der Waals surface area contributed by atoms with E-state index >= 15 is 0 Å². The van der Waals surface area contributed by atoms with Gasteiger partial charge in [0.15, 0.2) is 0 Å². The van der Waals surface area contributed by atoms with Crippen molar-refractivity contribution in [3.63, 3.8) is 0 Å². The molecule has 0 N–H and O–H groups in total. The van der Waals surface area contributed by atoms with Crippen LogP contribution in [0.25, 0.3) is 96.0 Å². The van der Waals surface area contributed by atoms with Crippen molar-refractivity contribution in [1.29, 1.82) is 0 Å². The molecule has 0 bridgehead atoms. The van der Waals surface area contributed by atoms with E-state index in [4.69, 9.17) is 9.97 Å². The number of imidazole rings is 2. The molecule has 0 fully saturated rings. The fraction of sp³-hybridized carbons (Fsp3) is 0.176. The number of aromatic nitrogens is 4. The maximum absolute atomic E-state index is 13.5. The first-order valence-corrected chi connectivity index (χ1v) is 28.2. The Morgan fingerprint density at radius 2 is 0.973 bits per heavy atom. The summed E-state index contributed by atoms with van der Waals surface area (Å²) in [6, 6.07) is 72.4. The van der Waals surface area contributed by atoms with E-state index in [9.17, 15) is 4.39 Å². The zero-order chi connectivity index (χ0) is 51.2. The Morgan fingerprint density at radius 1 is 0.453 bits per heavy atom. The largest absolute Gasteiger partial charge is 0.333 e. The quantitative estimate of drug-likeness (QED) is 0.101. The number of halogens is 1. The van der Waals surface area contributed by atoms with Gasteiger partial charge < -0.3 is 4.57 Å². The monoisotopic (exact) mass is 1270 g/mol. The number of hydrogen-bond donors (Lipinski definition) is 0. The van der Waals surface area contributed by atoms with Gasteiger partial charge in [-0.15, -0.1) is 29.8 Å². The molecule has 7 heteroatoms. The van der Waals surface area contributed by atoms with Crippen molar-refractivity contribution in [2.24, 2.45) is 0 Å². The van der Waals surface area contributed by atoms with Crippen molar-refractivity contribution in [3.8, 4) is 56.4 Å². The van der Waals surface area contributed by atoms with Crippen LogP contribution in [0, 0.1) is 17.9 Å². The molecular weight excluding hydrogens is 1210 g/mol. The number of para-hydroxylation sites is 5. The SMILES string of the molecule is CC(C)c1cc(-c2ccccc2)cc(C(C)C)c1-n1c(-c2[c-]ccc3c2[te]c2cc(-c4ccccc4)ccc23)nc2ccccc21.CC(C)c1cccc(C(C)C)c1-n1c(-c2[c-]cc(F)cc2)nc2ccccc21.[Ir]. The van der Waals surface area contributed by atoms with E-state index in [0.29, 0.717) is 23.7 Å². The second-order valence-electron chi connectivity index (χ2n) is 20.5. The van der Waals surface area contributed by atoms with Gasteiger partial charge in [-0.1, -0.05) is 58.0 Å². The number of rotatable bonds is 10. The van der Waals surface area contributed by atoms with Crippen LogP contribution < -0.4 is 0 Å². The van der Waals surface area contributed by atoms with Crippen LogP contribution in [0.5, 0.6) is 0 Å². The van der Waals surface area contributed by atoms with Gasteiger partial charge in [0, 0.05) is 31.6 Å². The van der Waals surface area contributed by atoms with Crippen LogP contribution in [-0.2, 0) is 20.1 Å². The molecule has 12 rings (SSSR count). The van der Waals surface area contributed by atoms with Gasteiger partial charge in [-0.3, -0.25) is 9.37 Å². The van der Waals surface area contributed by atoms with E-state index < -0.39 is 20.4 Å². The van der Waals surface area contributed by atoms with Crippen molar-refractivity contribution in [3.05, 3.63) is 228 Å². The first-order chi connectivity index (χ1) is 35.9. The van der Waals surface area contributed by atoms with Crippen molar-refractivity contribution in [1.82, 2.24) is 19.1 Å². The van der Waals surface area contributed by atoms with E-state index in [1.165, 1.54) is 85.6 Å². The van der Waals surface area contributed by atoms with Crippen LogP contribution in [0.1, 0.15) is 101 Å². The van der Waals surface area contributed by atoms with Crippen LogP contribution in [0.2, 0.25) is 0 Å². The summed E-state index contributed by atoms with van der Waals surface area (Å²) in [5.74, 6) is 2.86. The van der Waals surface area contributed by atoms with Crippen molar-refractivity contribution in [2.45, 2.75) is 79.1 Å². The molecule has 9 aromatic carbocycles. The van der Waals surface area contributed by atoms with Gasteiger partial charge in [-0.25, -0.2) is 0 Å². The zero-order valence-corrected chi connectivity index (χ0v) is 48.3. The summed E-state index contributed by atoms with van der Waals surface area (Å²) in [4.78, 5) is 10.3. The third-order valence-electron chi connectivity index (χ3n) is 14.2. The fourth-order valence-electron chi connectivity index (χ4n) is 10.5. The smallest absolute Gasteiger partial charge is 0.0774 e. The third-order valence-corrected chi connectivity index (χ3v) is 17.6. The minimum atomic E-state index is -0.663. The van der Waals surface area contributed by atoms with Crippen molar-refractivity contribution >= 4 is 60.1 Å². The molecule has 0 saturated heterocycles. The summed E-state index contributed by atoms with van der Waals surface area (Å²) in [6.07, 6.45) is 0. The summed E-state index contributed by atoms with van der Waals surface area (Å²) in [7, 11) is 0. The van der Waals surface area contributed by atoms with Crippen LogP contribution in [0.4, 0.5) is 4.39 Å². The summed E-state index contributed by atoms with van der Waals surface area (Å²) in [5.41, 5.74) is 18.8. The molecule has 4 nitrogen and oxygen atoms in total. The molecule has 375 valence electrons. The number of hydrogen-bond acceptors (Lipinski definition) is 2. The van der Waals surface area contributed by atoms with Gasteiger partial charge in [0.25, 0.3) is 0 Å². The molecule has 0 unspecified atom stereocenters. The Balaban J connectivity index is 0.000000190. The van der Waals surface area contributed by atoms with E-state index in [2.05, 4.69) is 228 Å².